The molecule has 62 valence electrons. The third-order valence-corrected chi connectivity index (χ3v) is 2.88. The topological polar surface area (TPSA) is 32.6 Å². The normalized spacial score (nSPS) is 24.5. The van der Waals surface area contributed by atoms with Gasteiger partial charge in [0.05, 0.1) is 11.7 Å². The van der Waals surface area contributed by atoms with Crippen LogP contribution >= 0.6 is 11.8 Å². The molecule has 11 heavy (non-hydrogen) atoms. The zero-order valence-electron chi connectivity index (χ0n) is 6.87. The van der Waals surface area contributed by atoms with Crippen molar-refractivity contribution in [1.82, 2.24) is 0 Å². The van der Waals surface area contributed by atoms with Gasteiger partial charge in [-0.25, -0.2) is 0 Å². The van der Waals surface area contributed by atoms with Gasteiger partial charge in [-0.15, -0.1) is 0 Å². The van der Waals surface area contributed by atoms with Crippen LogP contribution < -0.4 is 0 Å². The van der Waals surface area contributed by atoms with Crippen LogP contribution in [0.15, 0.2) is 16.5 Å². The van der Waals surface area contributed by atoms with Crippen molar-refractivity contribution in [2.24, 2.45) is 10.9 Å². The number of hydrogen-bond donors (Lipinski definition) is 1. The summed E-state index contributed by atoms with van der Waals surface area (Å²) < 4.78 is 0. The number of aliphatic hydroxyl groups is 1. The third-order valence-electron chi connectivity index (χ3n) is 1.56. The SMILES string of the molecule is C=C1SC(C(C)C)=NC1CO. The number of aliphatic hydroxyl groups excluding tert-OH is 1. The van der Waals surface area contributed by atoms with Crippen LogP contribution in [-0.2, 0) is 0 Å². The molecule has 0 aromatic rings. The smallest absolute Gasteiger partial charge is 0.104 e. The molecule has 0 aromatic carbocycles. The van der Waals surface area contributed by atoms with E-state index in [1.807, 2.05) is 0 Å². The van der Waals surface area contributed by atoms with Crippen molar-refractivity contribution < 1.29 is 5.11 Å². The summed E-state index contributed by atoms with van der Waals surface area (Å²) in [7, 11) is 0. The van der Waals surface area contributed by atoms with E-state index in [2.05, 4.69) is 25.4 Å². The fourth-order valence-electron chi connectivity index (χ4n) is 0.864. The van der Waals surface area contributed by atoms with Crippen LogP contribution in [0.5, 0.6) is 0 Å². The molecule has 2 nitrogen and oxygen atoms in total. The van der Waals surface area contributed by atoms with Gasteiger partial charge in [0.1, 0.15) is 6.04 Å². The molecule has 0 spiro atoms. The molecule has 0 aromatic heterocycles. The summed E-state index contributed by atoms with van der Waals surface area (Å²) in [6, 6.07) is -0.0580. The Morgan fingerprint density at radius 1 is 1.73 bits per heavy atom. The van der Waals surface area contributed by atoms with E-state index in [4.69, 9.17) is 5.11 Å². The highest BCUT2D eigenvalue weighted by Crippen LogP contribution is 2.32. The Morgan fingerprint density at radius 2 is 2.36 bits per heavy atom. The van der Waals surface area contributed by atoms with E-state index in [1.54, 1.807) is 11.8 Å². The highest BCUT2D eigenvalue weighted by molar-refractivity contribution is 8.17. The average molecular weight is 171 g/mol. The molecule has 0 saturated heterocycles. The van der Waals surface area contributed by atoms with Crippen LogP contribution in [0.2, 0.25) is 0 Å². The number of hydrogen-bond acceptors (Lipinski definition) is 3. The van der Waals surface area contributed by atoms with E-state index in [9.17, 15) is 0 Å². The maximum atomic E-state index is 8.85. The van der Waals surface area contributed by atoms with Crippen LogP contribution in [0.25, 0.3) is 0 Å². The summed E-state index contributed by atoms with van der Waals surface area (Å²) in [6.45, 7) is 8.11. The Labute approximate surface area is 71.4 Å². The summed E-state index contributed by atoms with van der Waals surface area (Å²) in [5.41, 5.74) is 0. The van der Waals surface area contributed by atoms with E-state index >= 15 is 0 Å². The number of nitrogens with zero attached hydrogens (tertiary/aromatic N) is 1. The van der Waals surface area contributed by atoms with E-state index in [0.29, 0.717) is 5.92 Å². The van der Waals surface area contributed by atoms with Crippen molar-refractivity contribution in [2.45, 2.75) is 19.9 Å². The first-order valence-corrected chi connectivity index (χ1v) is 4.52. The molecule has 1 N–H and O–H groups in total. The zero-order chi connectivity index (χ0) is 8.43. The van der Waals surface area contributed by atoms with Crippen molar-refractivity contribution in [1.29, 1.82) is 0 Å². The summed E-state index contributed by atoms with van der Waals surface area (Å²) in [6.07, 6.45) is 0. The lowest BCUT2D eigenvalue weighted by atomic mass is 10.2. The molecule has 0 bridgehead atoms. The van der Waals surface area contributed by atoms with Gasteiger partial charge < -0.3 is 5.11 Å². The molecule has 0 amide bonds. The Morgan fingerprint density at radius 3 is 2.64 bits per heavy atom. The van der Waals surface area contributed by atoms with Crippen molar-refractivity contribution in [2.75, 3.05) is 6.61 Å². The fourth-order valence-corrected chi connectivity index (χ4v) is 1.81. The van der Waals surface area contributed by atoms with Gasteiger partial charge >= 0.3 is 0 Å². The third kappa shape index (κ3) is 1.84. The first kappa shape index (κ1) is 8.81. The minimum absolute atomic E-state index is 0.0580. The maximum absolute atomic E-state index is 8.85. The first-order chi connectivity index (χ1) is 5.15. The molecule has 1 atom stereocenters. The average Bonchev–Trinajstić information content (AvgIpc) is 2.31. The van der Waals surface area contributed by atoms with E-state index < -0.39 is 0 Å². The minimum Gasteiger partial charge on any atom is -0.394 e. The molecule has 3 heteroatoms. The molecule has 1 heterocycles. The molecular formula is C8H13NOS. The largest absolute Gasteiger partial charge is 0.394 e. The predicted molar refractivity (Wildman–Crippen MR) is 49.9 cm³/mol. The van der Waals surface area contributed by atoms with Crippen molar-refractivity contribution in [3.63, 3.8) is 0 Å². The highest BCUT2D eigenvalue weighted by atomic mass is 32.2. The van der Waals surface area contributed by atoms with Crippen LogP contribution in [0, 0.1) is 5.92 Å². The summed E-state index contributed by atoms with van der Waals surface area (Å²) in [5.74, 6) is 0.452. The Bertz CT molecular complexity index is 198. The Balaban J connectivity index is 2.67. The molecule has 1 aliphatic rings. The van der Waals surface area contributed by atoms with Gasteiger partial charge in [-0.05, 0) is 0 Å². The second-order valence-corrected chi connectivity index (χ2v) is 4.04. The van der Waals surface area contributed by atoms with Gasteiger partial charge in [-0.1, -0.05) is 32.2 Å². The van der Waals surface area contributed by atoms with Crippen molar-refractivity contribution >= 4 is 16.8 Å². The Kier molecular flexibility index (Phi) is 2.73. The van der Waals surface area contributed by atoms with Gasteiger partial charge in [0.15, 0.2) is 0 Å². The van der Waals surface area contributed by atoms with E-state index in [1.165, 1.54) is 0 Å². The standard InChI is InChI=1S/C8H13NOS/c1-5(2)8-9-7(4-10)6(3)11-8/h5,7,10H,3-4H2,1-2H3. The van der Waals surface area contributed by atoms with E-state index in [-0.39, 0.29) is 12.6 Å². The maximum Gasteiger partial charge on any atom is 0.104 e. The van der Waals surface area contributed by atoms with Gasteiger partial charge in [-0.2, -0.15) is 0 Å². The second-order valence-electron chi connectivity index (χ2n) is 2.89. The molecule has 0 radical (unpaired) electrons. The lowest BCUT2D eigenvalue weighted by Gasteiger charge is -2.00. The highest BCUT2D eigenvalue weighted by Gasteiger charge is 2.22. The molecule has 1 unspecified atom stereocenters. The van der Waals surface area contributed by atoms with Gasteiger partial charge in [0, 0.05) is 10.8 Å². The summed E-state index contributed by atoms with van der Waals surface area (Å²) in [4.78, 5) is 5.29. The monoisotopic (exact) mass is 171 g/mol. The van der Waals surface area contributed by atoms with Crippen LogP contribution in [0.1, 0.15) is 13.8 Å². The number of aliphatic imine (C=N–C) groups is 1. The molecule has 1 rings (SSSR count). The lowest BCUT2D eigenvalue weighted by Crippen LogP contribution is -2.06. The molecule has 0 fully saturated rings. The van der Waals surface area contributed by atoms with Gasteiger partial charge in [0.2, 0.25) is 0 Å². The minimum atomic E-state index is -0.0580. The van der Waals surface area contributed by atoms with Crippen LogP contribution in [-0.4, -0.2) is 22.8 Å². The van der Waals surface area contributed by atoms with Crippen LogP contribution in [0.4, 0.5) is 0 Å². The molecule has 1 aliphatic heterocycles. The molecule has 0 saturated carbocycles. The van der Waals surface area contributed by atoms with E-state index in [0.717, 1.165) is 9.95 Å². The van der Waals surface area contributed by atoms with Gasteiger partial charge in [-0.3, -0.25) is 4.99 Å². The first-order valence-electron chi connectivity index (χ1n) is 3.70. The molecular weight excluding hydrogens is 158 g/mol. The van der Waals surface area contributed by atoms with Crippen LogP contribution in [0.3, 0.4) is 0 Å². The van der Waals surface area contributed by atoms with Crippen molar-refractivity contribution in [3.05, 3.63) is 11.5 Å². The zero-order valence-corrected chi connectivity index (χ0v) is 7.69. The fraction of sp³-hybridized carbons (Fsp3) is 0.625. The number of rotatable bonds is 2. The quantitative estimate of drug-likeness (QED) is 0.685. The molecule has 0 aliphatic carbocycles. The summed E-state index contributed by atoms with van der Waals surface area (Å²) >= 11 is 1.60. The summed E-state index contributed by atoms with van der Waals surface area (Å²) in [5, 5.41) is 9.95. The van der Waals surface area contributed by atoms with Crippen molar-refractivity contribution in [3.8, 4) is 0 Å². The number of thioether (sulfide) groups is 1. The Hall–Kier alpha value is -0.280. The van der Waals surface area contributed by atoms with Gasteiger partial charge in [0.25, 0.3) is 0 Å². The lowest BCUT2D eigenvalue weighted by molar-refractivity contribution is 0.284. The predicted octanol–water partition coefficient (Wildman–Crippen LogP) is 1.66. The second kappa shape index (κ2) is 3.41.